The van der Waals surface area contributed by atoms with Crippen molar-refractivity contribution in [1.82, 2.24) is 19.6 Å². The van der Waals surface area contributed by atoms with Gasteiger partial charge in [-0.1, -0.05) is 58.2 Å². The molecule has 0 aromatic carbocycles. The van der Waals surface area contributed by atoms with Crippen LogP contribution in [0.4, 0.5) is 5.82 Å². The summed E-state index contributed by atoms with van der Waals surface area (Å²) in [7, 11) is -2.43. The molecular weight excluding hydrogens is 583 g/mol. The van der Waals surface area contributed by atoms with Gasteiger partial charge >= 0.3 is 0 Å². The van der Waals surface area contributed by atoms with Crippen molar-refractivity contribution in [2.45, 2.75) is 109 Å². The van der Waals surface area contributed by atoms with Crippen molar-refractivity contribution in [2.24, 2.45) is 11.8 Å². The van der Waals surface area contributed by atoms with Gasteiger partial charge in [0, 0.05) is 64.4 Å². The third-order valence-corrected chi connectivity index (χ3v) is 12.7. The molecule has 3 atom stereocenters. The molecule has 10 heteroatoms. The normalized spacial score (nSPS) is 20.9. The first-order valence-corrected chi connectivity index (χ1v) is 24.1. The number of aliphatic hydroxyl groups is 1. The Kier molecular flexibility index (Phi) is 10.1. The van der Waals surface area contributed by atoms with E-state index in [1.54, 1.807) is 13.8 Å². The Morgan fingerprint density at radius 1 is 0.909 bits per heavy atom. The fraction of sp³-hybridized carbons (Fsp3) is 0.676. The van der Waals surface area contributed by atoms with Crippen molar-refractivity contribution in [3.63, 3.8) is 0 Å². The molecule has 2 saturated carbocycles. The van der Waals surface area contributed by atoms with Crippen LogP contribution in [0.2, 0.25) is 51.4 Å². The molecule has 0 amide bonds. The van der Waals surface area contributed by atoms with Crippen molar-refractivity contribution in [1.29, 1.82) is 0 Å². The zero-order chi connectivity index (χ0) is 31.7. The smallest absolute Gasteiger partial charge is 0.165 e. The fourth-order valence-electron chi connectivity index (χ4n) is 6.54. The molecule has 2 aliphatic carbocycles. The molecule has 2 fully saturated rings. The van der Waals surface area contributed by atoms with Crippen LogP contribution < -0.4 is 4.90 Å². The zero-order valence-corrected chi connectivity index (χ0v) is 30.4. The summed E-state index contributed by atoms with van der Waals surface area (Å²) in [6.07, 6.45) is 10.2. The Morgan fingerprint density at radius 3 is 2.05 bits per heavy atom. The molecule has 44 heavy (non-hydrogen) atoms. The van der Waals surface area contributed by atoms with Crippen molar-refractivity contribution >= 4 is 27.6 Å². The minimum Gasteiger partial charge on any atom is -0.384 e. The molecule has 3 heterocycles. The highest BCUT2D eigenvalue weighted by molar-refractivity contribution is 6.76. The Labute approximate surface area is 266 Å². The van der Waals surface area contributed by atoms with Crippen LogP contribution in [0.25, 0.3) is 16.8 Å². The maximum Gasteiger partial charge on any atom is 0.165 e. The lowest BCUT2D eigenvalue weighted by molar-refractivity contribution is 0.0739. The van der Waals surface area contributed by atoms with Crippen molar-refractivity contribution < 1.29 is 14.6 Å². The summed E-state index contributed by atoms with van der Waals surface area (Å²) in [6.45, 7) is 20.2. The fourth-order valence-corrected chi connectivity index (χ4v) is 8.06. The zero-order valence-electron chi connectivity index (χ0n) is 28.4. The van der Waals surface area contributed by atoms with Crippen LogP contribution in [0.3, 0.4) is 0 Å². The van der Waals surface area contributed by atoms with E-state index in [2.05, 4.69) is 55.2 Å². The number of anilines is 1. The first-order valence-electron chi connectivity index (χ1n) is 16.6. The number of ether oxygens (including phenoxy) is 2. The van der Waals surface area contributed by atoms with E-state index in [4.69, 9.17) is 19.6 Å². The van der Waals surface area contributed by atoms with Crippen LogP contribution in [0, 0.1) is 11.8 Å². The molecule has 0 saturated heterocycles. The number of hydrogen-bond acceptors (Lipinski definition) is 7. The van der Waals surface area contributed by atoms with Gasteiger partial charge in [-0.2, -0.15) is 9.61 Å². The number of aromatic nitrogens is 4. The SMILES string of the molecule is CC(C)(O)c1ccc(-c2cnn3c(N(COCC[Si](C)(C)C)COCC[Si](C)(C)C)cc(C4CC5CC[C@@H](C5)C4)nc23)cn1. The molecule has 0 spiro atoms. The molecule has 5 rings (SSSR count). The molecule has 0 radical (unpaired) electrons. The lowest BCUT2D eigenvalue weighted by Crippen LogP contribution is -2.33. The van der Waals surface area contributed by atoms with Crippen LogP contribution in [-0.4, -0.2) is 67.5 Å². The summed E-state index contributed by atoms with van der Waals surface area (Å²) < 4.78 is 14.6. The maximum atomic E-state index is 10.5. The predicted molar refractivity (Wildman–Crippen MR) is 185 cm³/mol. The van der Waals surface area contributed by atoms with Crippen LogP contribution >= 0.6 is 0 Å². The summed E-state index contributed by atoms with van der Waals surface area (Å²) in [6, 6.07) is 8.42. The minimum atomic E-state index is -1.21. The molecule has 242 valence electrons. The van der Waals surface area contributed by atoms with Crippen LogP contribution in [0.1, 0.15) is 63.3 Å². The average Bonchev–Trinajstić information content (AvgIpc) is 3.52. The van der Waals surface area contributed by atoms with Crippen molar-refractivity contribution in [3.05, 3.63) is 42.0 Å². The monoisotopic (exact) mass is 637 g/mol. The van der Waals surface area contributed by atoms with Crippen LogP contribution in [0.15, 0.2) is 30.6 Å². The van der Waals surface area contributed by atoms with E-state index in [1.807, 2.05) is 29.0 Å². The molecule has 3 aromatic rings. The van der Waals surface area contributed by atoms with Crippen molar-refractivity contribution in [2.75, 3.05) is 31.6 Å². The molecule has 2 aliphatic rings. The highest BCUT2D eigenvalue weighted by Gasteiger charge is 2.36. The Balaban J connectivity index is 1.52. The maximum absolute atomic E-state index is 10.5. The van der Waals surface area contributed by atoms with Crippen molar-refractivity contribution in [3.8, 4) is 11.1 Å². The molecule has 1 N–H and O–H groups in total. The standard InChI is InChI=1S/C34H55N5O3Si2/c1-34(2,40)31-12-11-27(21-35-31)29-22-36-39-32(20-30(37-33(29)39)28-18-25-9-10-26(17-25)19-28)38(23-41-13-15-43(3,4)5)24-42-14-16-44(6,7)8/h11-12,20-22,25-26,28,40H,9-10,13-19,23-24H2,1-8H3/t25-,26?,28?/m0/s1. The van der Waals surface area contributed by atoms with Gasteiger partial charge in [0.1, 0.15) is 24.9 Å². The van der Waals surface area contributed by atoms with Crippen LogP contribution in [0.5, 0.6) is 0 Å². The van der Waals surface area contributed by atoms with E-state index >= 15 is 0 Å². The second-order valence-electron chi connectivity index (χ2n) is 16.3. The van der Waals surface area contributed by atoms with Gasteiger partial charge in [-0.05, 0) is 63.1 Å². The molecule has 2 unspecified atom stereocenters. The summed E-state index contributed by atoms with van der Waals surface area (Å²) in [5.41, 5.74) is 3.52. The highest BCUT2D eigenvalue weighted by atomic mass is 28.3. The Hall–Kier alpha value is -2.12. The molecule has 0 aliphatic heterocycles. The number of fused-ring (bicyclic) bond motifs is 3. The van der Waals surface area contributed by atoms with E-state index in [9.17, 15) is 5.11 Å². The Bertz CT molecular complexity index is 1360. The van der Waals surface area contributed by atoms with E-state index in [1.165, 1.54) is 32.1 Å². The van der Waals surface area contributed by atoms with Gasteiger partial charge < -0.3 is 19.5 Å². The van der Waals surface area contributed by atoms with Crippen LogP contribution in [-0.2, 0) is 15.1 Å². The van der Waals surface area contributed by atoms with Gasteiger partial charge in [-0.25, -0.2) is 4.98 Å². The molecule has 3 aromatic heterocycles. The summed E-state index contributed by atoms with van der Waals surface area (Å²) in [4.78, 5) is 12.1. The second kappa shape index (κ2) is 13.3. The lowest BCUT2D eigenvalue weighted by atomic mass is 9.79. The van der Waals surface area contributed by atoms with Gasteiger partial charge in [-0.3, -0.25) is 4.98 Å². The number of pyridine rings is 1. The quantitative estimate of drug-likeness (QED) is 0.110. The summed E-state index contributed by atoms with van der Waals surface area (Å²) in [5.74, 6) is 3.05. The molecular formula is C34H55N5O3Si2. The molecule has 2 bridgehead atoms. The minimum absolute atomic E-state index is 0.447. The highest BCUT2D eigenvalue weighted by Crippen LogP contribution is 2.48. The second-order valence-corrected chi connectivity index (χ2v) is 27.5. The Morgan fingerprint density at radius 2 is 1.52 bits per heavy atom. The van der Waals surface area contributed by atoms with Gasteiger partial charge in [0.05, 0.1) is 11.9 Å². The third-order valence-electron chi connectivity index (χ3n) is 9.29. The topological polar surface area (TPSA) is 85.0 Å². The summed E-state index contributed by atoms with van der Waals surface area (Å²) >= 11 is 0. The molecule has 8 nitrogen and oxygen atoms in total. The largest absolute Gasteiger partial charge is 0.384 e. The van der Waals surface area contributed by atoms with E-state index in [-0.39, 0.29) is 0 Å². The van der Waals surface area contributed by atoms with E-state index < -0.39 is 21.7 Å². The van der Waals surface area contributed by atoms with E-state index in [0.717, 1.165) is 65.4 Å². The third kappa shape index (κ3) is 8.57. The van der Waals surface area contributed by atoms with Gasteiger partial charge in [0.15, 0.2) is 5.65 Å². The van der Waals surface area contributed by atoms with Gasteiger partial charge in [0.25, 0.3) is 0 Å². The average molecular weight is 638 g/mol. The number of rotatable bonds is 14. The number of nitrogens with zero attached hydrogens (tertiary/aromatic N) is 5. The first kappa shape index (κ1) is 33.3. The number of hydrogen-bond donors (Lipinski definition) is 1. The predicted octanol–water partition coefficient (Wildman–Crippen LogP) is 7.74. The first-order chi connectivity index (χ1) is 20.7. The van der Waals surface area contributed by atoms with Gasteiger partial charge in [0.2, 0.25) is 0 Å². The van der Waals surface area contributed by atoms with E-state index in [0.29, 0.717) is 25.1 Å². The summed E-state index contributed by atoms with van der Waals surface area (Å²) in [5, 5.41) is 15.3. The van der Waals surface area contributed by atoms with Gasteiger partial charge in [-0.15, -0.1) is 0 Å². The lowest BCUT2D eigenvalue weighted by Gasteiger charge is -2.30.